The topological polar surface area (TPSA) is 87.6 Å². The van der Waals surface area contributed by atoms with Crippen LogP contribution in [-0.4, -0.2) is 28.7 Å². The molecule has 0 saturated heterocycles. The van der Waals surface area contributed by atoms with Gasteiger partial charge in [-0.1, -0.05) is 30.3 Å². The minimum atomic E-state index is -0.402. The Morgan fingerprint density at radius 3 is 1.84 bits per heavy atom. The zero-order valence-electron chi connectivity index (χ0n) is 17.2. The molecule has 0 fully saturated rings. The van der Waals surface area contributed by atoms with Crippen LogP contribution in [0.25, 0.3) is 11.2 Å². The van der Waals surface area contributed by atoms with Gasteiger partial charge in [0, 0.05) is 31.3 Å². The molecule has 0 saturated carbocycles. The Labute approximate surface area is 183 Å². The maximum atomic E-state index is 13.5. The predicted octanol–water partition coefficient (Wildman–Crippen LogP) is 2.29. The van der Waals surface area contributed by atoms with Crippen LogP contribution in [-0.2, 0) is 19.6 Å². The Bertz CT molecular complexity index is 1470. The van der Waals surface area contributed by atoms with Gasteiger partial charge in [0.1, 0.15) is 0 Å². The maximum absolute atomic E-state index is 13.5. The van der Waals surface area contributed by atoms with Gasteiger partial charge in [0.15, 0.2) is 11.2 Å². The highest BCUT2D eigenvalue weighted by atomic mass is 16.2. The summed E-state index contributed by atoms with van der Waals surface area (Å²) in [6.45, 7) is 0.926. The van der Waals surface area contributed by atoms with E-state index in [0.717, 1.165) is 16.7 Å². The summed E-state index contributed by atoms with van der Waals surface area (Å²) in [4.78, 5) is 39.4. The van der Waals surface area contributed by atoms with Crippen molar-refractivity contribution in [3.8, 4) is 0 Å². The van der Waals surface area contributed by atoms with Crippen LogP contribution in [0.3, 0.4) is 0 Å². The highest BCUT2D eigenvalue weighted by Crippen LogP contribution is 2.12. The van der Waals surface area contributed by atoms with E-state index >= 15 is 0 Å². The molecule has 1 aromatic carbocycles. The van der Waals surface area contributed by atoms with E-state index in [9.17, 15) is 9.59 Å². The van der Waals surface area contributed by atoms with Crippen molar-refractivity contribution in [3.05, 3.63) is 123 Å². The van der Waals surface area contributed by atoms with E-state index in [4.69, 9.17) is 0 Å². The Hall–Kier alpha value is -4.33. The van der Waals surface area contributed by atoms with Gasteiger partial charge >= 0.3 is 5.69 Å². The molecule has 0 radical (unpaired) electrons. The first kappa shape index (κ1) is 19.6. The fourth-order valence-corrected chi connectivity index (χ4v) is 3.76. The van der Waals surface area contributed by atoms with Crippen molar-refractivity contribution in [2.45, 2.75) is 19.6 Å². The molecule has 0 N–H and O–H groups in total. The molecule has 8 nitrogen and oxygen atoms in total. The molecule has 0 bridgehead atoms. The van der Waals surface area contributed by atoms with Crippen molar-refractivity contribution < 1.29 is 0 Å². The molecule has 4 aromatic heterocycles. The van der Waals surface area contributed by atoms with Gasteiger partial charge in [0.2, 0.25) is 0 Å². The fourth-order valence-electron chi connectivity index (χ4n) is 3.76. The van der Waals surface area contributed by atoms with Crippen LogP contribution >= 0.6 is 0 Å². The number of pyridine rings is 2. The minimum absolute atomic E-state index is 0.156. The second-order valence-corrected chi connectivity index (χ2v) is 7.50. The van der Waals surface area contributed by atoms with Crippen LogP contribution in [0.4, 0.5) is 0 Å². The summed E-state index contributed by atoms with van der Waals surface area (Å²) in [5.41, 5.74) is 2.77. The summed E-state index contributed by atoms with van der Waals surface area (Å²) >= 11 is 0. The van der Waals surface area contributed by atoms with Crippen molar-refractivity contribution in [3.63, 3.8) is 0 Å². The van der Waals surface area contributed by atoms with E-state index < -0.39 is 5.69 Å². The number of hydrogen-bond acceptors (Lipinski definition) is 5. The predicted molar refractivity (Wildman–Crippen MR) is 120 cm³/mol. The summed E-state index contributed by atoms with van der Waals surface area (Å²) < 4.78 is 4.62. The second-order valence-electron chi connectivity index (χ2n) is 7.50. The molecule has 5 rings (SSSR count). The van der Waals surface area contributed by atoms with Gasteiger partial charge in [-0.05, 0) is 41.0 Å². The molecule has 0 amide bonds. The summed E-state index contributed by atoms with van der Waals surface area (Å²) in [5, 5.41) is 0. The Morgan fingerprint density at radius 1 is 0.656 bits per heavy atom. The summed E-state index contributed by atoms with van der Waals surface area (Å²) in [6.07, 6.45) is 8.28. The number of rotatable bonds is 6. The number of imidazole rings is 1. The second kappa shape index (κ2) is 8.43. The Balaban J connectivity index is 1.70. The van der Waals surface area contributed by atoms with Gasteiger partial charge < -0.3 is 4.57 Å². The van der Waals surface area contributed by atoms with Crippen molar-refractivity contribution in [1.82, 2.24) is 28.7 Å². The number of nitrogens with zero attached hydrogens (tertiary/aromatic N) is 6. The third-order valence-corrected chi connectivity index (χ3v) is 5.36. The average molecular weight is 424 g/mol. The zero-order valence-corrected chi connectivity index (χ0v) is 17.2. The monoisotopic (exact) mass is 424 g/mol. The molecule has 158 valence electrons. The first-order valence-electron chi connectivity index (χ1n) is 10.2. The SMILES string of the molecule is O=c1c2c(ncn2Cc2ccccc2)n(Cc2ccncc2)c(=O)n1Cc1ccncc1. The summed E-state index contributed by atoms with van der Waals surface area (Å²) in [6, 6.07) is 17.1. The van der Waals surface area contributed by atoms with Crippen molar-refractivity contribution in [2.24, 2.45) is 0 Å². The first-order valence-corrected chi connectivity index (χ1v) is 10.2. The lowest BCUT2D eigenvalue weighted by molar-refractivity contribution is 0.628. The van der Waals surface area contributed by atoms with Gasteiger partial charge in [-0.25, -0.2) is 9.78 Å². The lowest BCUT2D eigenvalue weighted by atomic mass is 10.2. The van der Waals surface area contributed by atoms with E-state index in [1.54, 1.807) is 52.4 Å². The van der Waals surface area contributed by atoms with E-state index in [1.807, 2.05) is 42.5 Å². The van der Waals surface area contributed by atoms with Crippen LogP contribution in [0.1, 0.15) is 16.7 Å². The first-order chi connectivity index (χ1) is 15.7. The van der Waals surface area contributed by atoms with Crippen molar-refractivity contribution in [1.29, 1.82) is 0 Å². The van der Waals surface area contributed by atoms with E-state index in [-0.39, 0.29) is 18.6 Å². The minimum Gasteiger partial charge on any atom is -0.320 e. The Morgan fingerprint density at radius 2 is 1.22 bits per heavy atom. The smallest absolute Gasteiger partial charge is 0.320 e. The molecule has 0 unspecified atom stereocenters. The molecule has 0 aliphatic rings. The van der Waals surface area contributed by atoms with Crippen LogP contribution in [0.2, 0.25) is 0 Å². The molecule has 0 spiro atoms. The molecular formula is C24H20N6O2. The molecular weight excluding hydrogens is 404 g/mol. The summed E-state index contributed by atoms with van der Waals surface area (Å²) in [7, 11) is 0. The number of aromatic nitrogens is 6. The molecule has 4 heterocycles. The maximum Gasteiger partial charge on any atom is 0.333 e. The number of benzene rings is 1. The highest BCUT2D eigenvalue weighted by molar-refractivity contribution is 5.70. The lowest BCUT2D eigenvalue weighted by Gasteiger charge is -2.13. The normalized spacial score (nSPS) is 11.1. The molecule has 0 atom stereocenters. The van der Waals surface area contributed by atoms with Gasteiger partial charge in [-0.15, -0.1) is 0 Å². The van der Waals surface area contributed by atoms with E-state index in [1.165, 1.54) is 4.57 Å². The molecule has 0 aliphatic carbocycles. The molecule has 32 heavy (non-hydrogen) atoms. The van der Waals surface area contributed by atoms with Gasteiger partial charge in [-0.2, -0.15) is 0 Å². The van der Waals surface area contributed by atoms with Crippen molar-refractivity contribution >= 4 is 11.2 Å². The molecule has 8 heteroatoms. The van der Waals surface area contributed by atoms with Crippen molar-refractivity contribution in [2.75, 3.05) is 0 Å². The van der Waals surface area contributed by atoms with Gasteiger partial charge in [0.05, 0.1) is 19.4 Å². The third kappa shape index (κ3) is 3.74. The lowest BCUT2D eigenvalue weighted by Crippen LogP contribution is -2.41. The van der Waals surface area contributed by atoms with E-state index in [0.29, 0.717) is 17.7 Å². The Kier molecular flexibility index (Phi) is 5.17. The van der Waals surface area contributed by atoms with Crippen LogP contribution in [0, 0.1) is 0 Å². The number of fused-ring (bicyclic) bond motifs is 1. The molecule has 0 aliphatic heterocycles. The standard InChI is InChI=1S/C24H20N6O2/c31-23-21-22(27-17-28(21)14-18-4-2-1-3-5-18)29(15-19-6-10-25-11-7-19)24(32)30(23)16-20-8-12-26-13-9-20/h1-13,17H,14-16H2. The zero-order chi connectivity index (χ0) is 21.9. The van der Waals surface area contributed by atoms with Crippen LogP contribution in [0.15, 0.2) is 95.3 Å². The highest BCUT2D eigenvalue weighted by Gasteiger charge is 2.19. The average Bonchev–Trinajstić information content (AvgIpc) is 3.25. The largest absolute Gasteiger partial charge is 0.333 e. The fraction of sp³-hybridized carbons (Fsp3) is 0.125. The number of hydrogen-bond donors (Lipinski definition) is 0. The van der Waals surface area contributed by atoms with Crippen LogP contribution < -0.4 is 11.2 Å². The summed E-state index contributed by atoms with van der Waals surface area (Å²) in [5.74, 6) is 0. The third-order valence-electron chi connectivity index (χ3n) is 5.36. The van der Waals surface area contributed by atoms with Gasteiger partial charge in [0.25, 0.3) is 5.56 Å². The van der Waals surface area contributed by atoms with Crippen LogP contribution in [0.5, 0.6) is 0 Å². The van der Waals surface area contributed by atoms with E-state index in [2.05, 4.69) is 15.0 Å². The molecule has 5 aromatic rings. The van der Waals surface area contributed by atoms with Gasteiger partial charge in [-0.3, -0.25) is 23.9 Å². The quantitative estimate of drug-likeness (QED) is 0.417.